The number of hydrogen-bond acceptors (Lipinski definition) is 3. The molecule has 0 bridgehead atoms. The average molecular weight is 280 g/mol. The fourth-order valence-corrected chi connectivity index (χ4v) is 2.35. The standard InChI is InChI=1S/C17H16N2O2/c1-21-16-8-7-15(11-14(16)12-20)19-10-9-18-17(19)13-5-3-2-4-6-13/h2-11,20H,12H2,1H3. The summed E-state index contributed by atoms with van der Waals surface area (Å²) < 4.78 is 7.23. The molecule has 4 nitrogen and oxygen atoms in total. The molecule has 1 aromatic heterocycles. The van der Waals surface area contributed by atoms with E-state index in [-0.39, 0.29) is 6.61 Å². The monoisotopic (exact) mass is 280 g/mol. The van der Waals surface area contributed by atoms with Gasteiger partial charge in [0, 0.05) is 29.2 Å². The highest BCUT2D eigenvalue weighted by atomic mass is 16.5. The summed E-state index contributed by atoms with van der Waals surface area (Å²) in [5.41, 5.74) is 2.74. The van der Waals surface area contributed by atoms with Crippen molar-refractivity contribution in [2.75, 3.05) is 7.11 Å². The predicted octanol–water partition coefficient (Wildman–Crippen LogP) is 3.04. The van der Waals surface area contributed by atoms with Crippen molar-refractivity contribution in [1.82, 2.24) is 9.55 Å². The second-order valence-electron chi connectivity index (χ2n) is 4.64. The van der Waals surface area contributed by atoms with Crippen LogP contribution in [0.1, 0.15) is 5.56 Å². The van der Waals surface area contributed by atoms with Gasteiger partial charge in [0.05, 0.1) is 13.7 Å². The lowest BCUT2D eigenvalue weighted by molar-refractivity contribution is 0.273. The second-order valence-corrected chi connectivity index (χ2v) is 4.64. The van der Waals surface area contributed by atoms with Crippen molar-refractivity contribution < 1.29 is 9.84 Å². The molecule has 2 aromatic carbocycles. The van der Waals surface area contributed by atoms with E-state index in [9.17, 15) is 5.11 Å². The molecule has 3 rings (SSSR count). The third-order valence-corrected chi connectivity index (χ3v) is 3.39. The van der Waals surface area contributed by atoms with E-state index in [0.717, 1.165) is 22.6 Å². The summed E-state index contributed by atoms with van der Waals surface area (Å²) in [7, 11) is 1.60. The van der Waals surface area contributed by atoms with E-state index < -0.39 is 0 Å². The molecule has 0 saturated carbocycles. The average Bonchev–Trinajstić information content (AvgIpc) is 3.04. The Morgan fingerprint density at radius 3 is 2.67 bits per heavy atom. The van der Waals surface area contributed by atoms with E-state index in [1.165, 1.54) is 0 Å². The molecule has 1 N–H and O–H groups in total. The Kier molecular flexibility index (Phi) is 3.71. The molecular formula is C17H16N2O2. The van der Waals surface area contributed by atoms with Crippen LogP contribution in [0.5, 0.6) is 5.75 Å². The number of aliphatic hydroxyl groups excluding tert-OH is 1. The molecule has 4 heteroatoms. The Bertz CT molecular complexity index is 736. The van der Waals surface area contributed by atoms with Gasteiger partial charge in [-0.3, -0.25) is 4.57 Å². The van der Waals surface area contributed by atoms with Gasteiger partial charge < -0.3 is 9.84 Å². The minimum absolute atomic E-state index is 0.0631. The summed E-state index contributed by atoms with van der Waals surface area (Å²) in [6.07, 6.45) is 3.68. The Balaban J connectivity index is 2.08. The number of imidazole rings is 1. The first-order chi connectivity index (χ1) is 10.3. The van der Waals surface area contributed by atoms with E-state index in [1.807, 2.05) is 59.3 Å². The summed E-state index contributed by atoms with van der Waals surface area (Å²) in [5.74, 6) is 1.55. The van der Waals surface area contributed by atoms with Crippen molar-refractivity contribution >= 4 is 0 Å². The van der Waals surface area contributed by atoms with Crippen molar-refractivity contribution in [3.05, 3.63) is 66.5 Å². The predicted molar refractivity (Wildman–Crippen MR) is 81.5 cm³/mol. The van der Waals surface area contributed by atoms with Crippen molar-refractivity contribution in [1.29, 1.82) is 0 Å². The summed E-state index contributed by atoms with van der Waals surface area (Å²) >= 11 is 0. The van der Waals surface area contributed by atoms with E-state index >= 15 is 0 Å². The molecule has 106 valence electrons. The summed E-state index contributed by atoms with van der Waals surface area (Å²) in [4.78, 5) is 4.43. The van der Waals surface area contributed by atoms with Crippen molar-refractivity contribution in [3.8, 4) is 22.8 Å². The maximum Gasteiger partial charge on any atom is 0.144 e. The Morgan fingerprint density at radius 2 is 1.95 bits per heavy atom. The highest BCUT2D eigenvalue weighted by Crippen LogP contribution is 2.25. The Morgan fingerprint density at radius 1 is 1.14 bits per heavy atom. The van der Waals surface area contributed by atoms with Crippen LogP contribution >= 0.6 is 0 Å². The van der Waals surface area contributed by atoms with Gasteiger partial charge in [0.15, 0.2) is 0 Å². The second kappa shape index (κ2) is 5.81. The number of aromatic nitrogens is 2. The fourth-order valence-electron chi connectivity index (χ4n) is 2.35. The van der Waals surface area contributed by atoms with E-state index in [2.05, 4.69) is 4.98 Å². The van der Waals surface area contributed by atoms with E-state index in [1.54, 1.807) is 13.3 Å². The molecule has 0 spiro atoms. The topological polar surface area (TPSA) is 47.3 Å². The van der Waals surface area contributed by atoms with E-state index in [4.69, 9.17) is 4.74 Å². The van der Waals surface area contributed by atoms with Crippen LogP contribution in [0.4, 0.5) is 0 Å². The Labute approximate surface area is 123 Å². The van der Waals surface area contributed by atoms with Crippen LogP contribution in [-0.2, 0) is 6.61 Å². The van der Waals surface area contributed by atoms with Gasteiger partial charge in [-0.25, -0.2) is 4.98 Å². The third kappa shape index (κ3) is 2.53. The summed E-state index contributed by atoms with van der Waals surface area (Å²) in [6.45, 7) is -0.0631. The Hall–Kier alpha value is -2.59. The largest absolute Gasteiger partial charge is 0.496 e. The van der Waals surface area contributed by atoms with Gasteiger partial charge in [0.2, 0.25) is 0 Å². The molecule has 0 atom stereocenters. The molecule has 0 aliphatic rings. The van der Waals surface area contributed by atoms with Gasteiger partial charge in [-0.05, 0) is 18.2 Å². The van der Waals surface area contributed by atoms with Crippen LogP contribution in [0, 0.1) is 0 Å². The first-order valence-electron chi connectivity index (χ1n) is 6.70. The number of nitrogens with zero attached hydrogens (tertiary/aromatic N) is 2. The van der Waals surface area contributed by atoms with Gasteiger partial charge >= 0.3 is 0 Å². The molecule has 21 heavy (non-hydrogen) atoms. The number of methoxy groups -OCH3 is 1. The number of rotatable bonds is 4. The van der Waals surface area contributed by atoms with Gasteiger partial charge in [-0.15, -0.1) is 0 Å². The molecule has 1 heterocycles. The molecule has 0 fully saturated rings. The first-order valence-corrected chi connectivity index (χ1v) is 6.70. The number of hydrogen-bond donors (Lipinski definition) is 1. The molecule has 0 aliphatic heterocycles. The lowest BCUT2D eigenvalue weighted by Gasteiger charge is -2.12. The summed E-state index contributed by atoms with van der Waals surface area (Å²) in [5, 5.41) is 9.45. The molecule has 0 aliphatic carbocycles. The van der Waals surface area contributed by atoms with Crippen LogP contribution in [0.2, 0.25) is 0 Å². The normalized spacial score (nSPS) is 10.6. The van der Waals surface area contributed by atoms with E-state index in [0.29, 0.717) is 5.75 Å². The molecule has 0 amide bonds. The first kappa shape index (κ1) is 13.4. The number of ether oxygens (including phenoxy) is 1. The quantitative estimate of drug-likeness (QED) is 0.799. The lowest BCUT2D eigenvalue weighted by atomic mass is 10.1. The highest BCUT2D eigenvalue weighted by Gasteiger charge is 2.09. The zero-order valence-electron chi connectivity index (χ0n) is 11.7. The van der Waals surface area contributed by atoms with Crippen LogP contribution in [0.15, 0.2) is 60.9 Å². The maximum absolute atomic E-state index is 9.45. The van der Waals surface area contributed by atoms with Crippen molar-refractivity contribution in [3.63, 3.8) is 0 Å². The van der Waals surface area contributed by atoms with Crippen molar-refractivity contribution in [2.45, 2.75) is 6.61 Å². The zero-order chi connectivity index (χ0) is 14.7. The molecule has 0 radical (unpaired) electrons. The molecule has 0 saturated heterocycles. The fraction of sp³-hybridized carbons (Fsp3) is 0.118. The molecule has 3 aromatic rings. The number of benzene rings is 2. The molecular weight excluding hydrogens is 264 g/mol. The smallest absolute Gasteiger partial charge is 0.144 e. The molecule has 0 unspecified atom stereocenters. The van der Waals surface area contributed by atoms with Crippen LogP contribution < -0.4 is 4.74 Å². The SMILES string of the molecule is COc1ccc(-n2ccnc2-c2ccccc2)cc1CO. The minimum Gasteiger partial charge on any atom is -0.496 e. The van der Waals surface area contributed by atoms with Gasteiger partial charge in [-0.1, -0.05) is 30.3 Å². The minimum atomic E-state index is -0.0631. The number of aliphatic hydroxyl groups is 1. The lowest BCUT2D eigenvalue weighted by Crippen LogP contribution is -1.99. The van der Waals surface area contributed by atoms with Crippen molar-refractivity contribution in [2.24, 2.45) is 0 Å². The van der Waals surface area contributed by atoms with Gasteiger partial charge in [-0.2, -0.15) is 0 Å². The van der Waals surface area contributed by atoms with Crippen LogP contribution in [0.3, 0.4) is 0 Å². The van der Waals surface area contributed by atoms with Crippen LogP contribution in [0.25, 0.3) is 17.1 Å². The highest BCUT2D eigenvalue weighted by molar-refractivity contribution is 5.59. The maximum atomic E-state index is 9.45. The zero-order valence-corrected chi connectivity index (χ0v) is 11.7. The third-order valence-electron chi connectivity index (χ3n) is 3.39. The van der Waals surface area contributed by atoms with Gasteiger partial charge in [0.1, 0.15) is 11.6 Å². The van der Waals surface area contributed by atoms with Gasteiger partial charge in [0.25, 0.3) is 0 Å². The summed E-state index contributed by atoms with van der Waals surface area (Å²) in [6, 6.07) is 15.7. The van der Waals surface area contributed by atoms with Crippen LogP contribution in [-0.4, -0.2) is 21.8 Å².